The molecule has 0 amide bonds. The average molecular weight is 290 g/mol. The first-order valence-electron chi connectivity index (χ1n) is 6.10. The minimum Gasteiger partial charge on any atom is -0.396 e. The smallest absolute Gasteiger partial charge is 0.240 e. The predicted molar refractivity (Wildman–Crippen MR) is 71.7 cm³/mol. The SMILES string of the molecule is CCCCOCCNS(=O)(=O)c1ccc(F)c(N)c1. The van der Waals surface area contributed by atoms with Crippen LogP contribution in [0.15, 0.2) is 23.1 Å². The number of unbranched alkanes of at least 4 members (excludes halogenated alkanes) is 1. The minimum atomic E-state index is -3.67. The molecule has 5 nitrogen and oxygen atoms in total. The van der Waals surface area contributed by atoms with E-state index in [2.05, 4.69) is 4.72 Å². The number of hydrogen-bond donors (Lipinski definition) is 2. The van der Waals surface area contributed by atoms with Gasteiger partial charge in [-0.05, 0) is 24.6 Å². The molecule has 0 radical (unpaired) electrons. The molecule has 0 atom stereocenters. The van der Waals surface area contributed by atoms with Crippen LogP contribution in [0.5, 0.6) is 0 Å². The summed E-state index contributed by atoms with van der Waals surface area (Å²) in [7, 11) is -3.67. The van der Waals surface area contributed by atoms with Crippen molar-refractivity contribution >= 4 is 15.7 Å². The van der Waals surface area contributed by atoms with E-state index in [0.717, 1.165) is 25.0 Å². The van der Waals surface area contributed by atoms with Crippen LogP contribution in [0.1, 0.15) is 19.8 Å². The van der Waals surface area contributed by atoms with Gasteiger partial charge in [-0.2, -0.15) is 0 Å². The first-order chi connectivity index (χ1) is 8.97. The summed E-state index contributed by atoms with van der Waals surface area (Å²) in [4.78, 5) is -0.0556. The Morgan fingerprint density at radius 3 is 2.74 bits per heavy atom. The van der Waals surface area contributed by atoms with Gasteiger partial charge in [0.25, 0.3) is 0 Å². The number of halogens is 1. The molecule has 0 aliphatic carbocycles. The fourth-order valence-electron chi connectivity index (χ4n) is 1.37. The van der Waals surface area contributed by atoms with Gasteiger partial charge in [-0.1, -0.05) is 13.3 Å². The van der Waals surface area contributed by atoms with Gasteiger partial charge < -0.3 is 10.5 Å². The number of anilines is 1. The van der Waals surface area contributed by atoms with Gasteiger partial charge in [0.05, 0.1) is 17.2 Å². The number of benzene rings is 1. The molecular formula is C12H19FN2O3S. The molecule has 0 aliphatic heterocycles. The molecule has 1 aromatic rings. The molecule has 0 saturated carbocycles. The Labute approximate surface area is 113 Å². The van der Waals surface area contributed by atoms with Crippen LogP contribution in [0.2, 0.25) is 0 Å². The molecule has 7 heteroatoms. The third-order valence-electron chi connectivity index (χ3n) is 2.46. The molecule has 0 heterocycles. The van der Waals surface area contributed by atoms with Gasteiger partial charge in [0.1, 0.15) is 5.82 Å². The summed E-state index contributed by atoms with van der Waals surface area (Å²) < 4.78 is 44.2. The molecule has 0 unspecified atom stereocenters. The highest BCUT2D eigenvalue weighted by Crippen LogP contribution is 2.16. The van der Waals surface area contributed by atoms with Crippen LogP contribution < -0.4 is 10.5 Å². The standard InChI is InChI=1S/C12H19FN2O3S/c1-2-3-7-18-8-6-15-19(16,17)10-4-5-11(13)12(14)9-10/h4-5,9,15H,2-3,6-8,14H2,1H3. The zero-order valence-corrected chi connectivity index (χ0v) is 11.7. The van der Waals surface area contributed by atoms with E-state index in [1.807, 2.05) is 6.92 Å². The largest absolute Gasteiger partial charge is 0.396 e. The second kappa shape index (κ2) is 7.42. The van der Waals surface area contributed by atoms with Crippen molar-refractivity contribution in [2.45, 2.75) is 24.7 Å². The van der Waals surface area contributed by atoms with Crippen LogP contribution >= 0.6 is 0 Å². The highest BCUT2D eigenvalue weighted by Gasteiger charge is 2.14. The van der Waals surface area contributed by atoms with Crippen molar-refractivity contribution in [2.24, 2.45) is 0 Å². The van der Waals surface area contributed by atoms with E-state index in [4.69, 9.17) is 10.5 Å². The fraction of sp³-hybridized carbons (Fsp3) is 0.500. The highest BCUT2D eigenvalue weighted by atomic mass is 32.2. The van der Waals surface area contributed by atoms with E-state index in [1.165, 1.54) is 6.07 Å². The summed E-state index contributed by atoms with van der Waals surface area (Å²) in [5.41, 5.74) is 5.14. The topological polar surface area (TPSA) is 81.4 Å². The van der Waals surface area contributed by atoms with Crippen molar-refractivity contribution < 1.29 is 17.5 Å². The molecule has 3 N–H and O–H groups in total. The van der Waals surface area contributed by atoms with Gasteiger partial charge in [0, 0.05) is 13.2 Å². The zero-order chi connectivity index (χ0) is 14.3. The van der Waals surface area contributed by atoms with Gasteiger partial charge in [-0.15, -0.1) is 0 Å². The maximum absolute atomic E-state index is 13.0. The maximum Gasteiger partial charge on any atom is 0.240 e. The van der Waals surface area contributed by atoms with Crippen molar-refractivity contribution in [3.05, 3.63) is 24.0 Å². The van der Waals surface area contributed by atoms with Crippen molar-refractivity contribution in [3.8, 4) is 0 Å². The number of hydrogen-bond acceptors (Lipinski definition) is 4. The van der Waals surface area contributed by atoms with Gasteiger partial charge in [0.15, 0.2) is 0 Å². The number of ether oxygens (including phenoxy) is 1. The summed E-state index contributed by atoms with van der Waals surface area (Å²) in [5.74, 6) is -0.637. The summed E-state index contributed by atoms with van der Waals surface area (Å²) in [6, 6.07) is 3.29. The van der Waals surface area contributed by atoms with E-state index < -0.39 is 15.8 Å². The summed E-state index contributed by atoms with van der Waals surface area (Å²) >= 11 is 0. The lowest BCUT2D eigenvalue weighted by Crippen LogP contribution is -2.27. The second-order valence-corrected chi connectivity index (χ2v) is 5.81. The van der Waals surface area contributed by atoms with E-state index in [-0.39, 0.29) is 17.1 Å². The number of nitrogens with two attached hydrogens (primary N) is 1. The summed E-state index contributed by atoms with van der Waals surface area (Å²) in [6.45, 7) is 3.13. The first-order valence-corrected chi connectivity index (χ1v) is 7.58. The maximum atomic E-state index is 13.0. The van der Waals surface area contributed by atoms with Crippen LogP contribution in [0.25, 0.3) is 0 Å². The first kappa shape index (κ1) is 15.9. The van der Waals surface area contributed by atoms with E-state index >= 15 is 0 Å². The zero-order valence-electron chi connectivity index (χ0n) is 10.9. The fourth-order valence-corrected chi connectivity index (χ4v) is 2.42. The average Bonchev–Trinajstić information content (AvgIpc) is 2.36. The quantitative estimate of drug-likeness (QED) is 0.561. The number of sulfonamides is 1. The van der Waals surface area contributed by atoms with Crippen molar-refractivity contribution in [1.29, 1.82) is 0 Å². The molecule has 0 aliphatic rings. The lowest BCUT2D eigenvalue weighted by Gasteiger charge is -2.08. The Morgan fingerprint density at radius 1 is 1.37 bits per heavy atom. The van der Waals surface area contributed by atoms with Gasteiger partial charge in [-0.25, -0.2) is 17.5 Å². The molecule has 19 heavy (non-hydrogen) atoms. The lowest BCUT2D eigenvalue weighted by atomic mass is 10.3. The van der Waals surface area contributed by atoms with Crippen LogP contribution in [0.4, 0.5) is 10.1 Å². The molecule has 0 bridgehead atoms. The molecular weight excluding hydrogens is 271 g/mol. The normalized spacial score (nSPS) is 11.7. The third-order valence-corrected chi connectivity index (χ3v) is 3.92. The Morgan fingerprint density at radius 2 is 2.11 bits per heavy atom. The molecule has 1 rings (SSSR count). The van der Waals surface area contributed by atoms with Crippen LogP contribution in [-0.2, 0) is 14.8 Å². The Bertz CT molecular complexity index is 506. The lowest BCUT2D eigenvalue weighted by molar-refractivity contribution is 0.136. The van der Waals surface area contributed by atoms with Crippen LogP contribution in [-0.4, -0.2) is 28.2 Å². The van der Waals surface area contributed by atoms with Crippen molar-refractivity contribution in [2.75, 3.05) is 25.5 Å². The molecule has 1 aromatic carbocycles. The number of nitrogens with one attached hydrogen (secondary N) is 1. The molecule has 0 aromatic heterocycles. The van der Waals surface area contributed by atoms with Crippen molar-refractivity contribution in [1.82, 2.24) is 4.72 Å². The molecule has 108 valence electrons. The van der Waals surface area contributed by atoms with E-state index in [0.29, 0.717) is 13.2 Å². The predicted octanol–water partition coefficient (Wildman–Crippen LogP) is 1.50. The Kier molecular flexibility index (Phi) is 6.20. The van der Waals surface area contributed by atoms with Gasteiger partial charge >= 0.3 is 0 Å². The molecule has 0 saturated heterocycles. The van der Waals surface area contributed by atoms with Crippen molar-refractivity contribution in [3.63, 3.8) is 0 Å². The second-order valence-electron chi connectivity index (χ2n) is 4.05. The molecule has 0 fully saturated rings. The number of rotatable bonds is 8. The van der Waals surface area contributed by atoms with Crippen LogP contribution in [0.3, 0.4) is 0 Å². The number of nitrogen functional groups attached to an aromatic ring is 1. The minimum absolute atomic E-state index is 0.0556. The van der Waals surface area contributed by atoms with E-state index in [9.17, 15) is 12.8 Å². The van der Waals surface area contributed by atoms with Gasteiger partial charge in [-0.3, -0.25) is 0 Å². The Balaban J connectivity index is 2.49. The van der Waals surface area contributed by atoms with Gasteiger partial charge in [0.2, 0.25) is 10.0 Å². The monoisotopic (exact) mass is 290 g/mol. The molecule has 0 spiro atoms. The summed E-state index contributed by atoms with van der Waals surface area (Å²) in [6.07, 6.45) is 1.97. The third kappa shape index (κ3) is 5.14. The van der Waals surface area contributed by atoms with Crippen LogP contribution in [0, 0.1) is 5.82 Å². The Hall–Kier alpha value is -1.18. The highest BCUT2D eigenvalue weighted by molar-refractivity contribution is 7.89. The van der Waals surface area contributed by atoms with E-state index in [1.54, 1.807) is 0 Å². The summed E-state index contributed by atoms with van der Waals surface area (Å²) in [5, 5.41) is 0.